The number of nitrogens with zero attached hydrogens (tertiary/aromatic N) is 2. The van der Waals surface area contributed by atoms with E-state index in [-0.39, 0.29) is 27.9 Å². The van der Waals surface area contributed by atoms with E-state index in [2.05, 4.69) is 0 Å². The van der Waals surface area contributed by atoms with E-state index in [9.17, 15) is 29.6 Å². The molecule has 36 heavy (non-hydrogen) atoms. The van der Waals surface area contributed by atoms with E-state index in [1.165, 1.54) is 43.5 Å². The van der Waals surface area contributed by atoms with E-state index < -0.39 is 22.8 Å². The third kappa shape index (κ3) is 5.62. The number of hydrogen-bond donors (Lipinski definition) is 3. The second-order valence-electron chi connectivity index (χ2n) is 7.52. The Balaban J connectivity index is 0.000000236. The summed E-state index contributed by atoms with van der Waals surface area (Å²) in [5.74, 6) is -3.25. The molecule has 0 fully saturated rings. The molecule has 10 heteroatoms. The molecule has 0 saturated carbocycles. The molecule has 0 spiro atoms. The van der Waals surface area contributed by atoms with Crippen LogP contribution < -0.4 is 0 Å². The number of benzene rings is 3. The van der Waals surface area contributed by atoms with Gasteiger partial charge in [0, 0.05) is 24.0 Å². The van der Waals surface area contributed by atoms with Gasteiger partial charge in [-0.2, -0.15) is 0 Å². The topological polar surface area (TPSA) is 160 Å². The number of aromatic nitrogens is 1. The maximum atomic E-state index is 11.3. The molecule has 1 heterocycles. The van der Waals surface area contributed by atoms with Crippen molar-refractivity contribution in [1.29, 1.82) is 0 Å². The van der Waals surface area contributed by atoms with E-state index in [0.717, 1.165) is 5.56 Å². The second kappa shape index (κ2) is 10.8. The van der Waals surface area contributed by atoms with Crippen LogP contribution in [0, 0.1) is 17.0 Å². The third-order valence-electron chi connectivity index (χ3n) is 5.27. The third-order valence-corrected chi connectivity index (χ3v) is 5.27. The fourth-order valence-corrected chi connectivity index (χ4v) is 3.46. The minimum atomic E-state index is -1.11. The number of rotatable bonds is 6. The Kier molecular flexibility index (Phi) is 7.60. The quantitative estimate of drug-likeness (QED) is 0.248. The van der Waals surface area contributed by atoms with Gasteiger partial charge in [0.25, 0.3) is 5.69 Å². The molecule has 4 aromatic rings. The summed E-state index contributed by atoms with van der Waals surface area (Å²) >= 11 is 0. The molecule has 0 amide bonds. The molecule has 0 aliphatic heterocycles. The summed E-state index contributed by atoms with van der Waals surface area (Å²) in [6.07, 6.45) is 1.51. The lowest BCUT2D eigenvalue weighted by Gasteiger charge is -2.09. The van der Waals surface area contributed by atoms with Crippen molar-refractivity contribution in [1.82, 2.24) is 4.57 Å². The van der Waals surface area contributed by atoms with Gasteiger partial charge in [-0.05, 0) is 48.4 Å². The number of non-ortho nitro benzene ring substituents is 1. The summed E-state index contributed by atoms with van der Waals surface area (Å²) in [6, 6.07) is 21.1. The molecule has 3 aromatic carbocycles. The SMILES string of the molecule is Cc1c(C(=O)O)cccc1C(=O)O.O=C(O)c1cc(-c2ccccc2)n(-c2ccc([N+](=O)[O-])cc2)c1. The molecule has 0 atom stereocenters. The Labute approximate surface area is 204 Å². The molecular weight excluding hydrogens is 468 g/mol. The van der Waals surface area contributed by atoms with Crippen LogP contribution >= 0.6 is 0 Å². The van der Waals surface area contributed by atoms with Gasteiger partial charge < -0.3 is 19.9 Å². The number of carbonyl (C=O) groups is 3. The summed E-state index contributed by atoms with van der Waals surface area (Å²) < 4.78 is 1.71. The first-order valence-electron chi connectivity index (χ1n) is 10.4. The molecule has 0 unspecified atom stereocenters. The average molecular weight is 488 g/mol. The molecular formula is C26H20N2O8. The predicted octanol–water partition coefficient (Wildman–Crippen LogP) is 5.14. The lowest BCUT2D eigenvalue weighted by atomic mass is 10.0. The largest absolute Gasteiger partial charge is 0.478 e. The van der Waals surface area contributed by atoms with Gasteiger partial charge in [-0.15, -0.1) is 0 Å². The van der Waals surface area contributed by atoms with Crippen molar-refractivity contribution in [2.45, 2.75) is 6.92 Å². The Morgan fingerprint density at radius 1 is 0.778 bits per heavy atom. The van der Waals surface area contributed by atoms with Crippen LogP contribution in [0.25, 0.3) is 16.9 Å². The molecule has 0 radical (unpaired) electrons. The van der Waals surface area contributed by atoms with Gasteiger partial charge in [0.05, 0.1) is 27.3 Å². The predicted molar refractivity (Wildman–Crippen MR) is 130 cm³/mol. The summed E-state index contributed by atoms with van der Waals surface area (Å²) in [6.45, 7) is 1.48. The van der Waals surface area contributed by atoms with E-state index in [0.29, 0.717) is 11.4 Å². The molecule has 4 rings (SSSR count). The zero-order chi connectivity index (χ0) is 26.4. The van der Waals surface area contributed by atoms with Crippen LogP contribution in [-0.4, -0.2) is 42.7 Å². The standard InChI is InChI=1S/C17H12N2O4.C9H8O4/c20-17(21)13-10-16(12-4-2-1-3-5-12)18(11-13)14-6-8-15(9-7-14)19(22)23;1-5-6(8(10)11)3-2-4-7(5)9(12)13/h1-11H,(H,20,21);2-4H,1H3,(H,10,11)(H,12,13). The van der Waals surface area contributed by atoms with Crippen molar-refractivity contribution in [2.75, 3.05) is 0 Å². The Morgan fingerprint density at radius 3 is 1.81 bits per heavy atom. The monoisotopic (exact) mass is 488 g/mol. The molecule has 3 N–H and O–H groups in total. The zero-order valence-electron chi connectivity index (χ0n) is 18.9. The van der Waals surface area contributed by atoms with Crippen LogP contribution in [0.15, 0.2) is 85.1 Å². The molecule has 1 aromatic heterocycles. The van der Waals surface area contributed by atoms with Crippen molar-refractivity contribution in [3.8, 4) is 16.9 Å². The van der Waals surface area contributed by atoms with Gasteiger partial charge >= 0.3 is 17.9 Å². The van der Waals surface area contributed by atoms with Gasteiger partial charge in [0.1, 0.15) is 0 Å². The Morgan fingerprint density at radius 2 is 1.33 bits per heavy atom. The Hall–Kier alpha value is -5.25. The number of carboxylic acids is 3. The summed E-state index contributed by atoms with van der Waals surface area (Å²) in [5, 5.41) is 37.3. The molecule has 0 bridgehead atoms. The van der Waals surface area contributed by atoms with E-state index in [1.807, 2.05) is 30.3 Å². The minimum Gasteiger partial charge on any atom is -0.478 e. The van der Waals surface area contributed by atoms with E-state index >= 15 is 0 Å². The van der Waals surface area contributed by atoms with Crippen LogP contribution in [0.5, 0.6) is 0 Å². The molecule has 0 saturated heterocycles. The smallest absolute Gasteiger partial charge is 0.337 e. The second-order valence-corrected chi connectivity index (χ2v) is 7.52. The van der Waals surface area contributed by atoms with Gasteiger partial charge in [-0.25, -0.2) is 14.4 Å². The first-order valence-corrected chi connectivity index (χ1v) is 10.4. The van der Waals surface area contributed by atoms with Crippen molar-refractivity contribution in [3.63, 3.8) is 0 Å². The van der Waals surface area contributed by atoms with Crippen LogP contribution in [0.4, 0.5) is 5.69 Å². The maximum absolute atomic E-state index is 11.3. The number of carboxylic acid groups (broad SMARTS) is 3. The van der Waals surface area contributed by atoms with E-state index in [1.54, 1.807) is 22.8 Å². The van der Waals surface area contributed by atoms with Gasteiger partial charge in [-0.3, -0.25) is 10.1 Å². The van der Waals surface area contributed by atoms with Gasteiger partial charge in [0.15, 0.2) is 0 Å². The first-order chi connectivity index (χ1) is 17.1. The van der Waals surface area contributed by atoms with Crippen molar-refractivity contribution in [3.05, 3.63) is 117 Å². The molecule has 0 aliphatic rings. The number of hydrogen-bond acceptors (Lipinski definition) is 5. The van der Waals surface area contributed by atoms with Gasteiger partial charge in [-0.1, -0.05) is 36.4 Å². The average Bonchev–Trinajstić information content (AvgIpc) is 3.31. The Bertz CT molecular complexity index is 1410. The van der Waals surface area contributed by atoms with Crippen molar-refractivity contribution < 1.29 is 34.6 Å². The number of nitro benzene ring substituents is 1. The van der Waals surface area contributed by atoms with Crippen molar-refractivity contribution in [2.24, 2.45) is 0 Å². The van der Waals surface area contributed by atoms with Crippen LogP contribution in [0.1, 0.15) is 36.6 Å². The number of aromatic carboxylic acids is 3. The normalized spacial score (nSPS) is 10.1. The highest BCUT2D eigenvalue weighted by Crippen LogP contribution is 2.27. The summed E-state index contributed by atoms with van der Waals surface area (Å²) in [5.41, 5.74) is 2.70. The zero-order valence-corrected chi connectivity index (χ0v) is 18.9. The lowest BCUT2D eigenvalue weighted by Crippen LogP contribution is -2.06. The fourth-order valence-electron chi connectivity index (χ4n) is 3.46. The molecule has 10 nitrogen and oxygen atoms in total. The van der Waals surface area contributed by atoms with Crippen LogP contribution in [0.2, 0.25) is 0 Å². The van der Waals surface area contributed by atoms with Crippen LogP contribution in [0.3, 0.4) is 0 Å². The highest BCUT2D eigenvalue weighted by atomic mass is 16.6. The maximum Gasteiger partial charge on any atom is 0.337 e. The molecule has 0 aliphatic carbocycles. The highest BCUT2D eigenvalue weighted by Gasteiger charge is 2.15. The van der Waals surface area contributed by atoms with Gasteiger partial charge in [0.2, 0.25) is 0 Å². The van der Waals surface area contributed by atoms with Crippen molar-refractivity contribution >= 4 is 23.6 Å². The van der Waals surface area contributed by atoms with E-state index in [4.69, 9.17) is 10.2 Å². The fraction of sp³-hybridized carbons (Fsp3) is 0.0385. The van der Waals surface area contributed by atoms with Crippen LogP contribution in [-0.2, 0) is 0 Å². The minimum absolute atomic E-state index is 0.0133. The summed E-state index contributed by atoms with van der Waals surface area (Å²) in [7, 11) is 0. The molecule has 182 valence electrons. The summed E-state index contributed by atoms with van der Waals surface area (Å²) in [4.78, 5) is 42.8. The lowest BCUT2D eigenvalue weighted by molar-refractivity contribution is -0.384. The highest BCUT2D eigenvalue weighted by molar-refractivity contribution is 5.96. The first kappa shape index (κ1) is 25.4. The number of nitro groups is 1.